The summed E-state index contributed by atoms with van der Waals surface area (Å²) in [5.41, 5.74) is 0.868. The molecule has 1 saturated carbocycles. The van der Waals surface area contributed by atoms with Crippen LogP contribution >= 0.6 is 0 Å². The molecule has 2 rings (SSSR count). The van der Waals surface area contributed by atoms with Crippen molar-refractivity contribution in [2.75, 3.05) is 18.5 Å². The second kappa shape index (κ2) is 6.50. The molecule has 1 aliphatic rings. The highest BCUT2D eigenvalue weighted by Gasteiger charge is 2.36. The van der Waals surface area contributed by atoms with Gasteiger partial charge in [0.1, 0.15) is 0 Å². The largest absolute Gasteiger partial charge is 0.490 e. The molecule has 0 heterocycles. The molecule has 110 valence electrons. The minimum Gasteiger partial charge on any atom is -0.490 e. The lowest BCUT2D eigenvalue weighted by Gasteiger charge is -2.34. The van der Waals surface area contributed by atoms with Crippen LogP contribution in [0.25, 0.3) is 0 Å². The molecule has 1 fully saturated rings. The first-order valence-electron chi connectivity index (χ1n) is 7.04. The molecule has 20 heavy (non-hydrogen) atoms. The molecule has 1 aliphatic carbocycles. The summed E-state index contributed by atoms with van der Waals surface area (Å²) in [7, 11) is 0. The molecule has 0 amide bonds. The van der Waals surface area contributed by atoms with Gasteiger partial charge in [0.25, 0.3) is 0 Å². The summed E-state index contributed by atoms with van der Waals surface area (Å²) < 4.78 is 11.1. The average Bonchev–Trinajstić information content (AvgIpc) is 2.37. The summed E-state index contributed by atoms with van der Waals surface area (Å²) in [4.78, 5) is 11.0. The van der Waals surface area contributed by atoms with Gasteiger partial charge in [-0.2, -0.15) is 0 Å². The van der Waals surface area contributed by atoms with Gasteiger partial charge in [-0.1, -0.05) is 0 Å². The first-order valence-corrected chi connectivity index (χ1v) is 7.04. The normalized spacial score (nSPS) is 20.9. The lowest BCUT2D eigenvalue weighted by atomic mass is 9.79. The predicted molar refractivity (Wildman–Crippen MR) is 76.6 cm³/mol. The number of ether oxygens (including phenoxy) is 2. The lowest BCUT2D eigenvalue weighted by Crippen LogP contribution is -2.42. The molecule has 0 aliphatic heterocycles. The van der Waals surface area contributed by atoms with Crippen LogP contribution in [0, 0.1) is 5.92 Å². The number of benzene rings is 1. The molecule has 1 aromatic rings. The van der Waals surface area contributed by atoms with E-state index in [0.717, 1.165) is 18.5 Å². The van der Waals surface area contributed by atoms with Crippen LogP contribution in [-0.2, 0) is 4.79 Å². The van der Waals surface area contributed by atoms with Gasteiger partial charge in [-0.15, -0.1) is 0 Å². The molecule has 0 aromatic heterocycles. The lowest BCUT2D eigenvalue weighted by molar-refractivity contribution is -0.144. The van der Waals surface area contributed by atoms with Crippen LogP contribution in [0.15, 0.2) is 18.2 Å². The number of carbonyl (C=O) groups is 1. The molecule has 5 nitrogen and oxygen atoms in total. The van der Waals surface area contributed by atoms with Gasteiger partial charge in [0.05, 0.1) is 19.1 Å². The summed E-state index contributed by atoms with van der Waals surface area (Å²) in [5.74, 6) is 0.371. The van der Waals surface area contributed by atoms with Gasteiger partial charge in [-0.05, 0) is 38.8 Å². The molecule has 2 unspecified atom stereocenters. The Hall–Kier alpha value is -1.91. The Kier molecular flexibility index (Phi) is 4.71. The van der Waals surface area contributed by atoms with Crippen molar-refractivity contribution in [2.24, 2.45) is 5.92 Å². The smallest absolute Gasteiger partial charge is 0.308 e. The fourth-order valence-corrected chi connectivity index (χ4v) is 2.32. The van der Waals surface area contributed by atoms with E-state index in [-0.39, 0.29) is 12.0 Å². The van der Waals surface area contributed by atoms with Crippen LogP contribution in [0.3, 0.4) is 0 Å². The first kappa shape index (κ1) is 14.5. The zero-order chi connectivity index (χ0) is 14.5. The van der Waals surface area contributed by atoms with Gasteiger partial charge in [-0.3, -0.25) is 4.79 Å². The van der Waals surface area contributed by atoms with Crippen LogP contribution in [0.5, 0.6) is 11.5 Å². The molecule has 5 heteroatoms. The van der Waals surface area contributed by atoms with Crippen LogP contribution in [0.1, 0.15) is 26.7 Å². The van der Waals surface area contributed by atoms with Crippen molar-refractivity contribution in [3.05, 3.63) is 18.2 Å². The number of rotatable bonds is 7. The van der Waals surface area contributed by atoms with Crippen molar-refractivity contribution >= 4 is 11.7 Å². The van der Waals surface area contributed by atoms with Gasteiger partial charge in [0.2, 0.25) is 0 Å². The van der Waals surface area contributed by atoms with Crippen LogP contribution in [0.2, 0.25) is 0 Å². The molecular formula is C15H21NO4. The van der Waals surface area contributed by atoms with Crippen molar-refractivity contribution in [1.82, 2.24) is 0 Å². The summed E-state index contributed by atoms with van der Waals surface area (Å²) in [6.07, 6.45) is 1.62. The number of hydrogen-bond acceptors (Lipinski definition) is 4. The van der Waals surface area contributed by atoms with E-state index in [0.29, 0.717) is 24.7 Å². The zero-order valence-corrected chi connectivity index (χ0v) is 11.9. The monoisotopic (exact) mass is 279 g/mol. The van der Waals surface area contributed by atoms with Crippen molar-refractivity contribution in [3.63, 3.8) is 0 Å². The standard InChI is InChI=1S/C15H21NO4/c1-3-19-13-8-5-10(9-14(13)20-4-2)16-12-7-6-11(12)15(17)18/h5,8-9,11-12,16H,3-4,6-7H2,1-2H3,(H,17,18). The van der Waals surface area contributed by atoms with Crippen molar-refractivity contribution in [3.8, 4) is 11.5 Å². The van der Waals surface area contributed by atoms with Gasteiger partial charge in [0.15, 0.2) is 11.5 Å². The molecule has 0 radical (unpaired) electrons. The van der Waals surface area contributed by atoms with E-state index in [1.54, 1.807) is 0 Å². The molecule has 2 N–H and O–H groups in total. The van der Waals surface area contributed by atoms with Crippen molar-refractivity contribution in [2.45, 2.75) is 32.7 Å². The van der Waals surface area contributed by atoms with Gasteiger partial charge >= 0.3 is 5.97 Å². The number of nitrogens with one attached hydrogen (secondary N) is 1. The Morgan fingerprint density at radius 1 is 1.25 bits per heavy atom. The number of carboxylic acid groups (broad SMARTS) is 1. The fraction of sp³-hybridized carbons (Fsp3) is 0.533. The van der Waals surface area contributed by atoms with E-state index in [1.807, 2.05) is 32.0 Å². The maximum absolute atomic E-state index is 11.0. The Labute approximate surface area is 118 Å². The van der Waals surface area contributed by atoms with E-state index in [4.69, 9.17) is 14.6 Å². The fourth-order valence-electron chi connectivity index (χ4n) is 2.32. The molecule has 1 aromatic carbocycles. The van der Waals surface area contributed by atoms with E-state index in [1.165, 1.54) is 0 Å². The van der Waals surface area contributed by atoms with E-state index in [2.05, 4.69) is 5.32 Å². The highest BCUT2D eigenvalue weighted by Crippen LogP contribution is 2.34. The maximum atomic E-state index is 11.0. The Morgan fingerprint density at radius 3 is 2.50 bits per heavy atom. The SMILES string of the molecule is CCOc1ccc(NC2CCC2C(=O)O)cc1OCC. The molecule has 2 atom stereocenters. The number of aliphatic carboxylic acids is 1. The van der Waals surface area contributed by atoms with Gasteiger partial charge in [-0.25, -0.2) is 0 Å². The highest BCUT2D eigenvalue weighted by molar-refractivity contribution is 5.73. The Balaban J connectivity index is 2.08. The minimum atomic E-state index is -0.732. The molecule has 0 bridgehead atoms. The quantitative estimate of drug-likeness (QED) is 0.803. The zero-order valence-electron chi connectivity index (χ0n) is 11.9. The maximum Gasteiger partial charge on any atom is 0.308 e. The third kappa shape index (κ3) is 3.15. The first-order chi connectivity index (χ1) is 9.65. The second-order valence-electron chi connectivity index (χ2n) is 4.80. The van der Waals surface area contributed by atoms with Gasteiger partial charge in [0, 0.05) is 17.8 Å². The van der Waals surface area contributed by atoms with Crippen LogP contribution in [-0.4, -0.2) is 30.3 Å². The third-order valence-electron chi connectivity index (χ3n) is 3.49. The molecule has 0 spiro atoms. The summed E-state index contributed by atoms with van der Waals surface area (Å²) in [5, 5.41) is 12.3. The number of carboxylic acids is 1. The summed E-state index contributed by atoms with van der Waals surface area (Å²) >= 11 is 0. The highest BCUT2D eigenvalue weighted by atomic mass is 16.5. The topological polar surface area (TPSA) is 67.8 Å². The van der Waals surface area contributed by atoms with Crippen LogP contribution in [0.4, 0.5) is 5.69 Å². The third-order valence-corrected chi connectivity index (χ3v) is 3.49. The molecule has 0 saturated heterocycles. The predicted octanol–water partition coefficient (Wildman–Crippen LogP) is 2.76. The van der Waals surface area contributed by atoms with E-state index < -0.39 is 5.97 Å². The number of anilines is 1. The van der Waals surface area contributed by atoms with Gasteiger partial charge < -0.3 is 19.9 Å². The summed E-state index contributed by atoms with van der Waals surface area (Å²) in [6, 6.07) is 5.61. The van der Waals surface area contributed by atoms with Crippen molar-refractivity contribution in [1.29, 1.82) is 0 Å². The van der Waals surface area contributed by atoms with E-state index in [9.17, 15) is 4.79 Å². The molecular weight excluding hydrogens is 258 g/mol. The summed E-state index contributed by atoms with van der Waals surface area (Å²) in [6.45, 7) is 4.98. The van der Waals surface area contributed by atoms with Crippen LogP contribution < -0.4 is 14.8 Å². The average molecular weight is 279 g/mol. The Bertz CT molecular complexity index is 475. The number of hydrogen-bond donors (Lipinski definition) is 2. The van der Waals surface area contributed by atoms with Crippen molar-refractivity contribution < 1.29 is 19.4 Å². The second-order valence-corrected chi connectivity index (χ2v) is 4.80. The van der Waals surface area contributed by atoms with E-state index >= 15 is 0 Å². The Morgan fingerprint density at radius 2 is 1.95 bits per heavy atom. The minimum absolute atomic E-state index is 0.0000740.